The third-order valence-electron chi connectivity index (χ3n) is 3.97. The van der Waals surface area contributed by atoms with Crippen LogP contribution in [0.25, 0.3) is 0 Å². The van der Waals surface area contributed by atoms with Crippen LogP contribution in [-0.2, 0) is 14.6 Å². The fourth-order valence-electron chi connectivity index (χ4n) is 2.43. The van der Waals surface area contributed by atoms with Crippen molar-refractivity contribution in [2.24, 2.45) is 0 Å². The number of carboxylic acids is 1. The molecule has 0 aromatic heterocycles. The van der Waals surface area contributed by atoms with Crippen LogP contribution >= 0.6 is 0 Å². The lowest BCUT2D eigenvalue weighted by molar-refractivity contribution is -0.139. The number of rotatable bonds is 7. The second kappa shape index (κ2) is 8.22. The highest BCUT2D eigenvalue weighted by Crippen LogP contribution is 2.20. The minimum Gasteiger partial charge on any atom is -0.482 e. The molecule has 0 spiro atoms. The van der Waals surface area contributed by atoms with Gasteiger partial charge < -0.3 is 15.2 Å². The second-order valence-corrected chi connectivity index (χ2v) is 8.21. The summed E-state index contributed by atoms with van der Waals surface area (Å²) in [6.45, 7) is 3.10. The monoisotopic (exact) mass is 391 g/mol. The fraction of sp³-hybridized carbons (Fsp3) is 0.263. The zero-order valence-electron chi connectivity index (χ0n) is 15.2. The van der Waals surface area contributed by atoms with Gasteiger partial charge in [0.2, 0.25) is 0 Å². The van der Waals surface area contributed by atoms with Crippen LogP contribution in [0.4, 0.5) is 0 Å². The quantitative estimate of drug-likeness (QED) is 0.750. The molecule has 0 saturated carbocycles. The van der Waals surface area contributed by atoms with E-state index in [1.54, 1.807) is 44.2 Å². The van der Waals surface area contributed by atoms with E-state index in [9.17, 15) is 18.0 Å². The van der Waals surface area contributed by atoms with Gasteiger partial charge in [0, 0.05) is 11.8 Å². The number of hydrogen-bond acceptors (Lipinski definition) is 5. The van der Waals surface area contributed by atoms with Crippen molar-refractivity contribution in [3.63, 3.8) is 0 Å². The summed E-state index contributed by atoms with van der Waals surface area (Å²) in [5.74, 6) is -1.03. The van der Waals surface area contributed by atoms with Crippen molar-refractivity contribution in [3.05, 3.63) is 59.2 Å². The lowest BCUT2D eigenvalue weighted by atomic mass is 10.1. The number of nitrogens with one attached hydrogen (secondary N) is 1. The second-order valence-electron chi connectivity index (χ2n) is 6.20. The molecular formula is C19H21NO6S. The van der Waals surface area contributed by atoms with Crippen LogP contribution in [0.3, 0.4) is 0 Å². The lowest BCUT2D eigenvalue weighted by Crippen LogP contribution is -2.27. The Bertz CT molecular complexity index is 951. The zero-order valence-corrected chi connectivity index (χ0v) is 16.0. The topological polar surface area (TPSA) is 110 Å². The molecule has 0 saturated heterocycles. The third kappa shape index (κ3) is 5.55. The summed E-state index contributed by atoms with van der Waals surface area (Å²) in [6, 6.07) is 10.8. The van der Waals surface area contributed by atoms with Crippen LogP contribution in [-0.4, -0.2) is 38.3 Å². The van der Waals surface area contributed by atoms with Crippen LogP contribution in [0.1, 0.15) is 34.5 Å². The Balaban J connectivity index is 2.12. The molecule has 0 aliphatic rings. The first kappa shape index (κ1) is 20.4. The molecule has 0 fully saturated rings. The highest BCUT2D eigenvalue weighted by molar-refractivity contribution is 7.90. The van der Waals surface area contributed by atoms with E-state index in [0.29, 0.717) is 16.9 Å². The molecular weight excluding hydrogens is 370 g/mol. The van der Waals surface area contributed by atoms with Gasteiger partial charge in [-0.3, -0.25) is 4.79 Å². The number of aryl methyl sites for hydroxylation is 1. The van der Waals surface area contributed by atoms with E-state index in [2.05, 4.69) is 5.32 Å². The minimum absolute atomic E-state index is 0.0887. The Kier molecular flexibility index (Phi) is 6.22. The molecule has 0 heterocycles. The van der Waals surface area contributed by atoms with Crippen molar-refractivity contribution in [3.8, 4) is 5.75 Å². The maximum Gasteiger partial charge on any atom is 0.341 e. The summed E-state index contributed by atoms with van der Waals surface area (Å²) >= 11 is 0. The highest BCUT2D eigenvalue weighted by Gasteiger charge is 2.17. The van der Waals surface area contributed by atoms with Gasteiger partial charge in [-0.25, -0.2) is 13.2 Å². The number of sulfone groups is 1. The smallest absolute Gasteiger partial charge is 0.341 e. The zero-order chi connectivity index (χ0) is 20.2. The Labute approximate surface area is 157 Å². The van der Waals surface area contributed by atoms with E-state index in [4.69, 9.17) is 9.84 Å². The van der Waals surface area contributed by atoms with E-state index >= 15 is 0 Å². The van der Waals surface area contributed by atoms with Crippen LogP contribution in [0.5, 0.6) is 5.75 Å². The first-order valence-electron chi connectivity index (χ1n) is 8.14. The molecule has 0 aliphatic heterocycles. The minimum atomic E-state index is -3.41. The molecule has 0 bridgehead atoms. The van der Waals surface area contributed by atoms with Gasteiger partial charge in [-0.1, -0.05) is 18.2 Å². The maximum atomic E-state index is 12.6. The normalized spacial score (nSPS) is 12.3. The SMILES string of the molecule is Cc1ccc(S(C)(=O)=O)cc1C(=O)NC(C)c1ccc(OCC(=O)O)cc1. The molecule has 0 aliphatic carbocycles. The molecule has 1 unspecified atom stereocenters. The number of carbonyl (C=O) groups is 2. The molecule has 7 nitrogen and oxygen atoms in total. The van der Waals surface area contributed by atoms with Crippen molar-refractivity contribution in [1.29, 1.82) is 0 Å². The molecule has 1 atom stereocenters. The van der Waals surface area contributed by atoms with Crippen molar-refractivity contribution in [1.82, 2.24) is 5.32 Å². The number of hydrogen-bond donors (Lipinski definition) is 2. The van der Waals surface area contributed by atoms with Crippen molar-refractivity contribution >= 4 is 21.7 Å². The summed E-state index contributed by atoms with van der Waals surface area (Å²) in [4.78, 5) is 23.2. The van der Waals surface area contributed by atoms with Gasteiger partial charge in [0.25, 0.3) is 5.91 Å². The van der Waals surface area contributed by atoms with E-state index < -0.39 is 22.4 Å². The van der Waals surface area contributed by atoms with Gasteiger partial charge in [-0.15, -0.1) is 0 Å². The van der Waals surface area contributed by atoms with Crippen LogP contribution < -0.4 is 10.1 Å². The van der Waals surface area contributed by atoms with Gasteiger partial charge >= 0.3 is 5.97 Å². The van der Waals surface area contributed by atoms with E-state index in [1.165, 1.54) is 12.1 Å². The molecule has 1 amide bonds. The Morgan fingerprint density at radius 1 is 1.15 bits per heavy atom. The summed E-state index contributed by atoms with van der Waals surface area (Å²) in [7, 11) is -3.41. The van der Waals surface area contributed by atoms with Crippen LogP contribution in [0, 0.1) is 6.92 Å². The number of carbonyl (C=O) groups excluding carboxylic acids is 1. The van der Waals surface area contributed by atoms with E-state index in [-0.39, 0.29) is 16.8 Å². The molecule has 2 N–H and O–H groups in total. The standard InChI is InChI=1S/C19H21NO6S/c1-12-4-9-16(27(3,24)25)10-17(12)19(23)20-13(2)14-5-7-15(8-6-14)26-11-18(21)22/h4-10,13H,11H2,1-3H3,(H,20,23)(H,21,22). The Morgan fingerprint density at radius 3 is 2.33 bits per heavy atom. The van der Waals surface area contributed by atoms with Gasteiger partial charge in [-0.05, 0) is 49.2 Å². The number of carboxylic acid groups (broad SMARTS) is 1. The fourth-order valence-corrected chi connectivity index (χ4v) is 3.08. The Hall–Kier alpha value is -2.87. The highest BCUT2D eigenvalue weighted by atomic mass is 32.2. The molecule has 2 aromatic rings. The molecule has 27 heavy (non-hydrogen) atoms. The van der Waals surface area contributed by atoms with Gasteiger partial charge in [0.15, 0.2) is 16.4 Å². The third-order valence-corrected chi connectivity index (χ3v) is 5.08. The Morgan fingerprint density at radius 2 is 1.78 bits per heavy atom. The van der Waals surface area contributed by atoms with Crippen LogP contribution in [0.15, 0.2) is 47.4 Å². The number of benzene rings is 2. The van der Waals surface area contributed by atoms with Gasteiger partial charge in [0.1, 0.15) is 5.75 Å². The average molecular weight is 391 g/mol. The van der Waals surface area contributed by atoms with Gasteiger partial charge in [0.05, 0.1) is 10.9 Å². The summed E-state index contributed by atoms with van der Waals surface area (Å²) in [6.07, 6.45) is 1.09. The molecule has 2 aromatic carbocycles. The number of amides is 1. The van der Waals surface area contributed by atoms with Crippen LogP contribution in [0.2, 0.25) is 0 Å². The van der Waals surface area contributed by atoms with Gasteiger partial charge in [-0.2, -0.15) is 0 Å². The number of aliphatic carboxylic acids is 1. The first-order chi connectivity index (χ1) is 12.6. The summed E-state index contributed by atoms with van der Waals surface area (Å²) < 4.78 is 28.5. The first-order valence-corrected chi connectivity index (χ1v) is 10.0. The lowest BCUT2D eigenvalue weighted by Gasteiger charge is -2.16. The maximum absolute atomic E-state index is 12.6. The molecule has 144 valence electrons. The molecule has 2 rings (SSSR count). The van der Waals surface area contributed by atoms with Crippen molar-refractivity contribution in [2.75, 3.05) is 12.9 Å². The summed E-state index contributed by atoms with van der Waals surface area (Å²) in [5, 5.41) is 11.4. The average Bonchev–Trinajstić information content (AvgIpc) is 2.59. The molecule has 0 radical (unpaired) electrons. The molecule has 8 heteroatoms. The van der Waals surface area contributed by atoms with E-state index in [0.717, 1.165) is 11.8 Å². The summed E-state index contributed by atoms with van der Waals surface area (Å²) in [5.41, 5.74) is 1.76. The van der Waals surface area contributed by atoms with Crippen molar-refractivity contribution in [2.45, 2.75) is 24.8 Å². The number of ether oxygens (including phenoxy) is 1. The predicted octanol–water partition coefficient (Wildman–Crippen LogP) is 2.35. The predicted molar refractivity (Wildman–Crippen MR) is 99.7 cm³/mol. The largest absolute Gasteiger partial charge is 0.482 e. The van der Waals surface area contributed by atoms with Crippen molar-refractivity contribution < 1.29 is 27.9 Å². The van der Waals surface area contributed by atoms with E-state index in [1.807, 2.05) is 0 Å².